The smallest absolute Gasteiger partial charge is 0.252 e. The van der Waals surface area contributed by atoms with Crippen molar-refractivity contribution in [2.24, 2.45) is 0 Å². The highest BCUT2D eigenvalue weighted by Crippen LogP contribution is 2.25. The average molecular weight is 341 g/mol. The Bertz CT molecular complexity index is 654. The van der Waals surface area contributed by atoms with Gasteiger partial charge in [-0.3, -0.25) is 14.5 Å². The molecule has 1 atom stereocenters. The molecule has 2 fully saturated rings. The monoisotopic (exact) mass is 341 g/mol. The van der Waals surface area contributed by atoms with E-state index >= 15 is 0 Å². The van der Waals surface area contributed by atoms with Gasteiger partial charge in [-0.1, -0.05) is 31.0 Å². The molecule has 1 aromatic rings. The van der Waals surface area contributed by atoms with Crippen LogP contribution in [0.25, 0.3) is 0 Å². The van der Waals surface area contributed by atoms with Gasteiger partial charge in [0.1, 0.15) is 6.04 Å². The Kier molecular flexibility index (Phi) is 4.75. The maximum absolute atomic E-state index is 13.0. The van der Waals surface area contributed by atoms with E-state index in [1.165, 1.54) is 25.7 Å². The van der Waals surface area contributed by atoms with Gasteiger partial charge < -0.3 is 10.2 Å². The van der Waals surface area contributed by atoms with Crippen LogP contribution in [0.5, 0.6) is 0 Å². The lowest BCUT2D eigenvalue weighted by molar-refractivity contribution is -0.133. The number of carbonyl (C=O) groups excluding carboxylic acids is 2. The molecule has 1 N–H and O–H groups in total. The molecule has 0 spiro atoms. The van der Waals surface area contributed by atoms with Crippen LogP contribution in [0.1, 0.15) is 48.0 Å². The van der Waals surface area contributed by atoms with E-state index in [0.717, 1.165) is 44.2 Å². The summed E-state index contributed by atoms with van der Waals surface area (Å²) in [6, 6.07) is 7.89. The SMILES string of the molecule is O=C1NC(C(=O)N2CCCN(C3CCCC3)CC2)Cc2ccccc21. The minimum Gasteiger partial charge on any atom is -0.340 e. The Morgan fingerprint density at radius 1 is 1.00 bits per heavy atom. The van der Waals surface area contributed by atoms with Gasteiger partial charge in [-0.2, -0.15) is 0 Å². The summed E-state index contributed by atoms with van der Waals surface area (Å²) in [4.78, 5) is 29.8. The quantitative estimate of drug-likeness (QED) is 0.893. The summed E-state index contributed by atoms with van der Waals surface area (Å²) in [5.74, 6) is -0.0428. The molecule has 3 aliphatic rings. The van der Waals surface area contributed by atoms with Crippen molar-refractivity contribution in [3.63, 3.8) is 0 Å². The fourth-order valence-electron chi connectivity index (χ4n) is 4.59. The van der Waals surface area contributed by atoms with E-state index in [-0.39, 0.29) is 11.8 Å². The number of benzene rings is 1. The molecule has 4 rings (SSSR count). The second-order valence-electron chi connectivity index (χ2n) is 7.54. The molecule has 1 aliphatic carbocycles. The number of hydrogen-bond acceptors (Lipinski definition) is 3. The lowest BCUT2D eigenvalue weighted by Crippen LogP contribution is -2.53. The lowest BCUT2D eigenvalue weighted by Gasteiger charge is -2.30. The highest BCUT2D eigenvalue weighted by Gasteiger charge is 2.33. The zero-order valence-electron chi connectivity index (χ0n) is 14.7. The Morgan fingerprint density at radius 3 is 2.64 bits per heavy atom. The number of hydrogen-bond donors (Lipinski definition) is 1. The number of nitrogens with zero attached hydrogens (tertiary/aromatic N) is 2. The number of amides is 2. The Hall–Kier alpha value is -1.88. The molecule has 0 radical (unpaired) electrons. The molecule has 2 heterocycles. The summed E-state index contributed by atoms with van der Waals surface area (Å²) >= 11 is 0. The second kappa shape index (κ2) is 7.16. The summed E-state index contributed by atoms with van der Waals surface area (Å²) in [5.41, 5.74) is 1.68. The molecule has 1 saturated carbocycles. The van der Waals surface area contributed by atoms with Crippen LogP contribution in [0.4, 0.5) is 0 Å². The standard InChI is InChI=1S/C20H27N3O2/c24-19-17-9-4-1-6-15(17)14-18(21-19)20(25)23-11-5-10-22(12-13-23)16-7-2-3-8-16/h1,4,6,9,16,18H,2-3,5,7-8,10-14H2,(H,21,24). The van der Waals surface area contributed by atoms with Crippen molar-refractivity contribution in [3.05, 3.63) is 35.4 Å². The third-order valence-electron chi connectivity index (χ3n) is 5.97. The van der Waals surface area contributed by atoms with Crippen LogP contribution in [-0.2, 0) is 11.2 Å². The zero-order chi connectivity index (χ0) is 17.2. The van der Waals surface area contributed by atoms with Gasteiger partial charge in [-0.15, -0.1) is 0 Å². The highest BCUT2D eigenvalue weighted by atomic mass is 16.2. The van der Waals surface area contributed by atoms with Gasteiger partial charge in [-0.25, -0.2) is 0 Å². The van der Waals surface area contributed by atoms with Gasteiger partial charge in [0.2, 0.25) is 5.91 Å². The number of carbonyl (C=O) groups is 2. The predicted octanol–water partition coefficient (Wildman–Crippen LogP) is 1.82. The van der Waals surface area contributed by atoms with Crippen molar-refractivity contribution < 1.29 is 9.59 Å². The molecule has 2 aliphatic heterocycles. The first-order valence-corrected chi connectivity index (χ1v) is 9.64. The molecule has 5 heteroatoms. The van der Waals surface area contributed by atoms with Crippen molar-refractivity contribution in [2.45, 2.75) is 50.6 Å². The summed E-state index contributed by atoms with van der Waals surface area (Å²) < 4.78 is 0. The van der Waals surface area contributed by atoms with E-state index < -0.39 is 6.04 Å². The van der Waals surface area contributed by atoms with Crippen LogP contribution < -0.4 is 5.32 Å². The van der Waals surface area contributed by atoms with Gasteiger partial charge in [0, 0.05) is 44.2 Å². The van der Waals surface area contributed by atoms with Gasteiger partial charge in [0.15, 0.2) is 0 Å². The Morgan fingerprint density at radius 2 is 1.80 bits per heavy atom. The summed E-state index contributed by atoms with van der Waals surface area (Å²) in [7, 11) is 0. The molecule has 1 saturated heterocycles. The van der Waals surface area contributed by atoms with Gasteiger partial charge in [-0.05, 0) is 30.9 Å². The topological polar surface area (TPSA) is 52.7 Å². The summed E-state index contributed by atoms with van der Waals surface area (Å²) in [5, 5.41) is 2.91. The minimum atomic E-state index is -0.416. The maximum atomic E-state index is 13.0. The van der Waals surface area contributed by atoms with E-state index in [1.54, 1.807) is 0 Å². The van der Waals surface area contributed by atoms with E-state index in [4.69, 9.17) is 0 Å². The lowest BCUT2D eigenvalue weighted by atomic mass is 9.94. The fraction of sp³-hybridized carbons (Fsp3) is 0.600. The van der Waals surface area contributed by atoms with E-state index in [0.29, 0.717) is 12.0 Å². The summed E-state index contributed by atoms with van der Waals surface area (Å²) in [6.45, 7) is 3.64. The van der Waals surface area contributed by atoms with Crippen LogP contribution in [0.15, 0.2) is 24.3 Å². The third-order valence-corrected chi connectivity index (χ3v) is 5.97. The Balaban J connectivity index is 1.40. The van der Waals surface area contributed by atoms with Gasteiger partial charge >= 0.3 is 0 Å². The zero-order valence-corrected chi connectivity index (χ0v) is 14.7. The molecule has 1 unspecified atom stereocenters. The maximum Gasteiger partial charge on any atom is 0.252 e. The van der Waals surface area contributed by atoms with Crippen LogP contribution in [0, 0.1) is 0 Å². The van der Waals surface area contributed by atoms with Crippen molar-refractivity contribution in [3.8, 4) is 0 Å². The molecule has 1 aromatic carbocycles. The Labute approximate surface area is 149 Å². The van der Waals surface area contributed by atoms with Crippen LogP contribution in [0.3, 0.4) is 0 Å². The second-order valence-corrected chi connectivity index (χ2v) is 7.54. The molecule has 25 heavy (non-hydrogen) atoms. The largest absolute Gasteiger partial charge is 0.340 e. The number of rotatable bonds is 2. The van der Waals surface area contributed by atoms with Crippen molar-refractivity contribution >= 4 is 11.8 Å². The van der Waals surface area contributed by atoms with Crippen LogP contribution in [-0.4, -0.2) is 59.9 Å². The summed E-state index contributed by atoms with van der Waals surface area (Å²) in [6.07, 6.45) is 6.94. The van der Waals surface area contributed by atoms with Gasteiger partial charge in [0.25, 0.3) is 5.91 Å². The number of nitrogens with one attached hydrogen (secondary N) is 1. The highest BCUT2D eigenvalue weighted by molar-refractivity contribution is 6.00. The molecule has 0 bridgehead atoms. The third kappa shape index (κ3) is 3.43. The predicted molar refractivity (Wildman–Crippen MR) is 96.4 cm³/mol. The first-order valence-electron chi connectivity index (χ1n) is 9.64. The molecule has 0 aromatic heterocycles. The first-order chi connectivity index (χ1) is 12.2. The first kappa shape index (κ1) is 16.6. The van der Waals surface area contributed by atoms with Crippen molar-refractivity contribution in [1.29, 1.82) is 0 Å². The van der Waals surface area contributed by atoms with Crippen LogP contribution in [0.2, 0.25) is 0 Å². The molecular formula is C20H27N3O2. The minimum absolute atomic E-state index is 0.0797. The molecule has 2 amide bonds. The molecule has 134 valence electrons. The molecule has 5 nitrogen and oxygen atoms in total. The average Bonchev–Trinajstić information content (AvgIpc) is 3.06. The fourth-order valence-corrected chi connectivity index (χ4v) is 4.59. The van der Waals surface area contributed by atoms with Gasteiger partial charge in [0.05, 0.1) is 0 Å². The van der Waals surface area contributed by atoms with Crippen molar-refractivity contribution in [2.75, 3.05) is 26.2 Å². The molecular weight excluding hydrogens is 314 g/mol. The van der Waals surface area contributed by atoms with Crippen molar-refractivity contribution in [1.82, 2.24) is 15.1 Å². The number of fused-ring (bicyclic) bond motifs is 1. The van der Waals surface area contributed by atoms with E-state index in [9.17, 15) is 9.59 Å². The van der Waals surface area contributed by atoms with E-state index in [2.05, 4.69) is 10.2 Å². The van der Waals surface area contributed by atoms with E-state index in [1.807, 2.05) is 29.2 Å². The van der Waals surface area contributed by atoms with Crippen LogP contribution >= 0.6 is 0 Å². The normalized spacial score (nSPS) is 25.4.